The zero-order valence-electron chi connectivity index (χ0n) is 9.17. The van der Waals surface area contributed by atoms with Crippen molar-refractivity contribution in [1.29, 1.82) is 0 Å². The number of benzene rings is 1. The summed E-state index contributed by atoms with van der Waals surface area (Å²) in [5.41, 5.74) is 1.07. The zero-order chi connectivity index (χ0) is 12.6. The number of aliphatic carboxylic acids is 1. The predicted molar refractivity (Wildman–Crippen MR) is 58.5 cm³/mol. The summed E-state index contributed by atoms with van der Waals surface area (Å²) in [6.45, 7) is 1.89. The summed E-state index contributed by atoms with van der Waals surface area (Å²) in [6.07, 6.45) is 0. The van der Waals surface area contributed by atoms with Crippen LogP contribution in [0.15, 0.2) is 18.2 Å². The first-order valence-corrected chi connectivity index (χ1v) is 5.24. The standard InChI is InChI=1S/C11H12N2O4/c1-6(11(14)15)7-5-12-8-3-2-4-9(10(7)8)13(16)17/h2-4,6-7,12H,5H2,1H3,(H,14,15)/p-1. The number of carbonyl (C=O) groups is 1. The molecule has 0 amide bonds. The summed E-state index contributed by atoms with van der Waals surface area (Å²) >= 11 is 0. The number of carboxylic acid groups (broad SMARTS) is 1. The Kier molecular flexibility index (Phi) is 2.71. The molecule has 2 rings (SSSR count). The van der Waals surface area contributed by atoms with Crippen LogP contribution in [0, 0.1) is 16.0 Å². The van der Waals surface area contributed by atoms with Crippen LogP contribution in [0.1, 0.15) is 18.4 Å². The maximum absolute atomic E-state index is 10.9. The van der Waals surface area contributed by atoms with Crippen LogP contribution in [0.4, 0.5) is 11.4 Å². The molecule has 0 fully saturated rings. The van der Waals surface area contributed by atoms with Gasteiger partial charge in [-0.25, -0.2) is 0 Å². The van der Waals surface area contributed by atoms with Crippen LogP contribution in [0.5, 0.6) is 0 Å². The molecule has 2 unspecified atom stereocenters. The van der Waals surface area contributed by atoms with Crippen LogP contribution in [-0.2, 0) is 4.79 Å². The van der Waals surface area contributed by atoms with Crippen LogP contribution in [0.25, 0.3) is 0 Å². The Labute approximate surface area is 97.4 Å². The van der Waals surface area contributed by atoms with Gasteiger partial charge in [0.15, 0.2) is 0 Å². The van der Waals surface area contributed by atoms with Crippen molar-refractivity contribution in [2.24, 2.45) is 5.92 Å². The lowest BCUT2D eigenvalue weighted by atomic mass is 9.88. The molecule has 6 heteroatoms. The Balaban J connectivity index is 2.49. The SMILES string of the molecule is CC(C(=O)[O-])C1CNc2cccc([N+](=O)[O-])c21. The van der Waals surface area contributed by atoms with E-state index in [1.54, 1.807) is 12.1 Å². The molecule has 1 aliphatic heterocycles. The van der Waals surface area contributed by atoms with Gasteiger partial charge < -0.3 is 15.2 Å². The number of nitrogens with one attached hydrogen (secondary N) is 1. The molecule has 1 aromatic carbocycles. The van der Waals surface area contributed by atoms with Gasteiger partial charge in [0.25, 0.3) is 5.69 Å². The minimum Gasteiger partial charge on any atom is -0.550 e. The molecule has 17 heavy (non-hydrogen) atoms. The van der Waals surface area contributed by atoms with E-state index in [9.17, 15) is 20.0 Å². The first-order chi connectivity index (χ1) is 8.02. The van der Waals surface area contributed by atoms with E-state index in [0.29, 0.717) is 17.8 Å². The van der Waals surface area contributed by atoms with E-state index in [1.807, 2.05) is 0 Å². The molecule has 0 aliphatic carbocycles. The molecule has 0 aromatic heterocycles. The second-order valence-corrected chi connectivity index (χ2v) is 4.09. The summed E-state index contributed by atoms with van der Waals surface area (Å²) in [5.74, 6) is -2.37. The highest BCUT2D eigenvalue weighted by atomic mass is 16.6. The van der Waals surface area contributed by atoms with Gasteiger partial charge in [-0.05, 0) is 6.07 Å². The van der Waals surface area contributed by atoms with E-state index < -0.39 is 22.7 Å². The van der Waals surface area contributed by atoms with Crippen LogP contribution < -0.4 is 10.4 Å². The predicted octanol–water partition coefficient (Wildman–Crippen LogP) is 0.490. The van der Waals surface area contributed by atoms with Gasteiger partial charge in [-0.2, -0.15) is 0 Å². The van der Waals surface area contributed by atoms with Gasteiger partial charge in [-0.15, -0.1) is 0 Å². The molecule has 2 atom stereocenters. The Bertz CT molecular complexity index is 486. The minimum absolute atomic E-state index is 0.0365. The highest BCUT2D eigenvalue weighted by Gasteiger charge is 2.34. The largest absolute Gasteiger partial charge is 0.550 e. The number of nitro groups is 1. The van der Waals surface area contributed by atoms with Gasteiger partial charge in [0.2, 0.25) is 0 Å². The van der Waals surface area contributed by atoms with E-state index in [-0.39, 0.29) is 5.69 Å². The van der Waals surface area contributed by atoms with E-state index >= 15 is 0 Å². The summed E-state index contributed by atoms with van der Waals surface area (Å²) in [6, 6.07) is 4.68. The van der Waals surface area contributed by atoms with Crippen molar-refractivity contribution in [1.82, 2.24) is 0 Å². The second-order valence-electron chi connectivity index (χ2n) is 4.09. The van der Waals surface area contributed by atoms with Gasteiger partial charge in [0, 0.05) is 36.1 Å². The first kappa shape index (κ1) is 11.4. The molecule has 0 radical (unpaired) electrons. The molecule has 6 nitrogen and oxygen atoms in total. The summed E-state index contributed by atoms with van der Waals surface area (Å²) in [5, 5.41) is 24.8. The quantitative estimate of drug-likeness (QED) is 0.607. The maximum atomic E-state index is 10.9. The number of carbonyl (C=O) groups excluding carboxylic acids is 1. The van der Waals surface area contributed by atoms with Crippen molar-refractivity contribution in [2.75, 3.05) is 11.9 Å². The molecule has 0 spiro atoms. The molecule has 1 N–H and O–H groups in total. The zero-order valence-corrected chi connectivity index (χ0v) is 9.17. The monoisotopic (exact) mass is 235 g/mol. The van der Waals surface area contributed by atoms with Crippen molar-refractivity contribution in [3.8, 4) is 0 Å². The highest BCUT2D eigenvalue weighted by Crippen LogP contribution is 2.41. The van der Waals surface area contributed by atoms with Crippen molar-refractivity contribution < 1.29 is 14.8 Å². The number of fused-ring (bicyclic) bond motifs is 1. The third-order valence-electron chi connectivity index (χ3n) is 3.14. The van der Waals surface area contributed by atoms with Gasteiger partial charge in [-0.1, -0.05) is 13.0 Å². The van der Waals surface area contributed by atoms with Crippen LogP contribution in [0.2, 0.25) is 0 Å². The van der Waals surface area contributed by atoms with Crippen LogP contribution in [-0.4, -0.2) is 17.4 Å². The third kappa shape index (κ3) is 1.82. The number of hydrogen-bond donors (Lipinski definition) is 1. The fourth-order valence-electron chi connectivity index (χ4n) is 2.17. The summed E-state index contributed by atoms with van der Waals surface area (Å²) in [7, 11) is 0. The maximum Gasteiger partial charge on any atom is 0.275 e. The van der Waals surface area contributed by atoms with Crippen LogP contribution >= 0.6 is 0 Å². The molecular weight excluding hydrogens is 224 g/mol. The topological polar surface area (TPSA) is 95.3 Å². The van der Waals surface area contributed by atoms with Gasteiger partial charge in [0.05, 0.1) is 10.5 Å². The van der Waals surface area contributed by atoms with Gasteiger partial charge >= 0.3 is 0 Å². The molecular formula is C11H11N2O4-. The summed E-state index contributed by atoms with van der Waals surface area (Å²) in [4.78, 5) is 21.3. The third-order valence-corrected chi connectivity index (χ3v) is 3.14. The Hall–Kier alpha value is -2.11. The number of rotatable bonds is 3. The molecule has 1 aliphatic rings. The normalized spacial score (nSPS) is 19.2. The molecule has 0 saturated heterocycles. The number of anilines is 1. The van der Waals surface area contributed by atoms with E-state index in [4.69, 9.17) is 0 Å². The van der Waals surface area contributed by atoms with Crippen molar-refractivity contribution >= 4 is 17.3 Å². The van der Waals surface area contributed by atoms with Crippen molar-refractivity contribution in [2.45, 2.75) is 12.8 Å². The first-order valence-electron chi connectivity index (χ1n) is 5.24. The smallest absolute Gasteiger partial charge is 0.275 e. The molecule has 0 bridgehead atoms. The summed E-state index contributed by atoms with van der Waals surface area (Å²) < 4.78 is 0. The fourth-order valence-corrected chi connectivity index (χ4v) is 2.17. The lowest BCUT2D eigenvalue weighted by Crippen LogP contribution is -2.34. The van der Waals surface area contributed by atoms with Gasteiger partial charge in [-0.3, -0.25) is 10.1 Å². The second kappa shape index (κ2) is 4.04. The lowest BCUT2D eigenvalue weighted by Gasteiger charge is -2.19. The van der Waals surface area contributed by atoms with E-state index in [2.05, 4.69) is 5.32 Å². The molecule has 90 valence electrons. The van der Waals surface area contributed by atoms with Crippen molar-refractivity contribution in [3.63, 3.8) is 0 Å². The van der Waals surface area contributed by atoms with Crippen molar-refractivity contribution in [3.05, 3.63) is 33.9 Å². The number of hydrogen-bond acceptors (Lipinski definition) is 5. The molecule has 1 heterocycles. The van der Waals surface area contributed by atoms with Gasteiger partial charge in [0.1, 0.15) is 0 Å². The number of nitro benzene ring substituents is 1. The fraction of sp³-hybridized carbons (Fsp3) is 0.364. The highest BCUT2D eigenvalue weighted by molar-refractivity contribution is 5.74. The minimum atomic E-state index is -1.19. The Morgan fingerprint density at radius 2 is 2.29 bits per heavy atom. The molecule has 0 saturated carbocycles. The average Bonchev–Trinajstić information content (AvgIpc) is 2.70. The Morgan fingerprint density at radius 3 is 2.88 bits per heavy atom. The van der Waals surface area contributed by atoms with Crippen LogP contribution in [0.3, 0.4) is 0 Å². The molecule has 1 aromatic rings. The lowest BCUT2D eigenvalue weighted by molar-refractivity contribution is -0.385. The Morgan fingerprint density at radius 1 is 1.59 bits per heavy atom. The van der Waals surface area contributed by atoms with E-state index in [1.165, 1.54) is 13.0 Å². The van der Waals surface area contributed by atoms with E-state index in [0.717, 1.165) is 0 Å². The number of nitrogens with zero attached hydrogens (tertiary/aromatic N) is 1. The number of carboxylic acids is 1. The average molecular weight is 235 g/mol.